The van der Waals surface area contributed by atoms with Crippen LogP contribution in [0.3, 0.4) is 0 Å². The zero-order valence-electron chi connectivity index (χ0n) is 14.9. The smallest absolute Gasteiger partial charge is 0.338 e. The number of thiophene rings is 1. The van der Waals surface area contributed by atoms with Crippen molar-refractivity contribution in [1.82, 2.24) is 4.98 Å². The van der Waals surface area contributed by atoms with Gasteiger partial charge in [0.15, 0.2) is 0 Å². The summed E-state index contributed by atoms with van der Waals surface area (Å²) in [5.41, 5.74) is 0.0958. The molecule has 2 heterocycles. The van der Waals surface area contributed by atoms with Crippen molar-refractivity contribution in [2.75, 3.05) is 18.0 Å². The maximum atomic E-state index is 12.9. The second-order valence-electron chi connectivity index (χ2n) is 5.48. The van der Waals surface area contributed by atoms with E-state index in [1.807, 2.05) is 11.4 Å². The van der Waals surface area contributed by atoms with E-state index in [0.29, 0.717) is 4.88 Å². The molecule has 10 heteroatoms. The van der Waals surface area contributed by atoms with Crippen molar-refractivity contribution in [3.8, 4) is 16.8 Å². The first-order valence-electron chi connectivity index (χ1n) is 8.09. The minimum absolute atomic E-state index is 0.0685. The Balaban J connectivity index is 1.94. The summed E-state index contributed by atoms with van der Waals surface area (Å²) in [7, 11) is -2.76. The van der Waals surface area contributed by atoms with Crippen molar-refractivity contribution in [3.05, 3.63) is 53.0 Å². The van der Waals surface area contributed by atoms with Crippen molar-refractivity contribution < 1.29 is 22.4 Å². The highest BCUT2D eigenvalue weighted by atomic mass is 32.2. The molecule has 144 valence electrons. The van der Waals surface area contributed by atoms with Gasteiger partial charge in [-0.1, -0.05) is 6.07 Å². The summed E-state index contributed by atoms with van der Waals surface area (Å²) >= 11 is 1.35. The number of nitriles is 1. The number of benzene rings is 1. The van der Waals surface area contributed by atoms with Crippen LogP contribution in [0.5, 0.6) is 0 Å². The van der Waals surface area contributed by atoms with E-state index < -0.39 is 16.0 Å². The molecule has 0 aliphatic heterocycles. The van der Waals surface area contributed by atoms with Crippen LogP contribution >= 0.6 is 11.3 Å². The predicted molar refractivity (Wildman–Crippen MR) is 103 cm³/mol. The van der Waals surface area contributed by atoms with Gasteiger partial charge in [-0.2, -0.15) is 10.2 Å². The molecule has 0 aliphatic carbocycles. The van der Waals surface area contributed by atoms with Crippen LogP contribution in [0.15, 0.2) is 51.1 Å². The third-order valence-corrected chi connectivity index (χ3v) is 6.37. The molecule has 0 amide bonds. The Labute approximate surface area is 165 Å². The zero-order valence-corrected chi connectivity index (χ0v) is 16.6. The number of rotatable bonds is 6. The van der Waals surface area contributed by atoms with Crippen molar-refractivity contribution in [3.63, 3.8) is 0 Å². The molecule has 0 aliphatic rings. The van der Waals surface area contributed by atoms with Crippen molar-refractivity contribution in [2.24, 2.45) is 0 Å². The minimum atomic E-state index is -4.04. The number of sulfonamides is 1. The molecule has 2 aromatic heterocycles. The lowest BCUT2D eigenvalue weighted by atomic mass is 10.2. The Morgan fingerprint density at radius 2 is 2.04 bits per heavy atom. The van der Waals surface area contributed by atoms with E-state index >= 15 is 0 Å². The number of ether oxygens (including phenoxy) is 1. The molecule has 3 rings (SSSR count). The average molecular weight is 417 g/mol. The Morgan fingerprint density at radius 1 is 1.32 bits per heavy atom. The van der Waals surface area contributed by atoms with Gasteiger partial charge in [-0.05, 0) is 42.6 Å². The van der Waals surface area contributed by atoms with E-state index in [0.717, 1.165) is 4.31 Å². The lowest BCUT2D eigenvalue weighted by Crippen LogP contribution is -2.27. The SMILES string of the molecule is CCOC(=O)c1ccc(S(=O)(=O)N(C)c2oc(-c3cccs3)nc2C#N)cc1. The van der Waals surface area contributed by atoms with Gasteiger partial charge < -0.3 is 9.15 Å². The molecule has 0 saturated heterocycles. The van der Waals surface area contributed by atoms with Crippen LogP contribution < -0.4 is 4.31 Å². The molecule has 0 radical (unpaired) electrons. The Kier molecular flexibility index (Phi) is 5.48. The van der Waals surface area contributed by atoms with Gasteiger partial charge in [-0.3, -0.25) is 0 Å². The fourth-order valence-corrected chi connectivity index (χ4v) is 4.14. The summed E-state index contributed by atoms with van der Waals surface area (Å²) in [6.45, 7) is 1.90. The van der Waals surface area contributed by atoms with E-state index in [4.69, 9.17) is 9.15 Å². The number of nitrogens with zero attached hydrogens (tertiary/aromatic N) is 3. The largest absolute Gasteiger partial charge is 0.462 e. The normalized spacial score (nSPS) is 11.0. The predicted octanol–water partition coefficient (Wildman–Crippen LogP) is 3.28. The van der Waals surface area contributed by atoms with Crippen LogP contribution in [0.1, 0.15) is 23.0 Å². The highest BCUT2D eigenvalue weighted by Gasteiger charge is 2.28. The molecule has 0 bridgehead atoms. The summed E-state index contributed by atoms with van der Waals surface area (Å²) in [6.07, 6.45) is 0. The lowest BCUT2D eigenvalue weighted by Gasteiger charge is -2.16. The van der Waals surface area contributed by atoms with Crippen LogP contribution in [0, 0.1) is 11.3 Å². The fraction of sp³-hybridized carbons (Fsp3) is 0.167. The highest BCUT2D eigenvalue weighted by Crippen LogP contribution is 2.32. The molecule has 8 nitrogen and oxygen atoms in total. The number of esters is 1. The minimum Gasteiger partial charge on any atom is -0.462 e. The van der Waals surface area contributed by atoms with Crippen molar-refractivity contribution in [2.45, 2.75) is 11.8 Å². The van der Waals surface area contributed by atoms with E-state index in [1.165, 1.54) is 42.6 Å². The Bertz CT molecular complexity index is 1130. The van der Waals surface area contributed by atoms with Crippen LogP contribution in [-0.2, 0) is 14.8 Å². The Morgan fingerprint density at radius 3 is 2.61 bits per heavy atom. The molecular weight excluding hydrogens is 402 g/mol. The molecule has 0 fully saturated rings. The average Bonchev–Trinajstić information content (AvgIpc) is 3.37. The van der Waals surface area contributed by atoms with Crippen LogP contribution in [0.25, 0.3) is 10.8 Å². The number of carbonyl (C=O) groups excluding carboxylic acids is 1. The van der Waals surface area contributed by atoms with Gasteiger partial charge in [0.1, 0.15) is 6.07 Å². The number of anilines is 1. The number of hydrogen-bond acceptors (Lipinski definition) is 8. The first-order valence-corrected chi connectivity index (χ1v) is 10.4. The molecule has 28 heavy (non-hydrogen) atoms. The topological polar surface area (TPSA) is 114 Å². The first kappa shape index (κ1) is 19.6. The number of hydrogen-bond donors (Lipinski definition) is 0. The standard InChI is InChI=1S/C18H15N3O5S2/c1-3-25-18(22)12-6-8-13(9-7-12)28(23,24)21(2)17-14(11-19)20-16(26-17)15-5-4-10-27-15/h4-10H,3H2,1-2H3. The van der Waals surface area contributed by atoms with Gasteiger partial charge in [0, 0.05) is 7.05 Å². The summed E-state index contributed by atoms with van der Waals surface area (Å²) in [5, 5.41) is 11.1. The van der Waals surface area contributed by atoms with E-state index in [-0.39, 0.29) is 34.5 Å². The van der Waals surface area contributed by atoms with Crippen LogP contribution in [0.2, 0.25) is 0 Å². The highest BCUT2D eigenvalue weighted by molar-refractivity contribution is 7.92. The molecule has 0 spiro atoms. The zero-order chi connectivity index (χ0) is 20.3. The Hall–Kier alpha value is -3.16. The molecule has 3 aromatic rings. The van der Waals surface area contributed by atoms with Gasteiger partial charge in [0.25, 0.3) is 10.0 Å². The maximum Gasteiger partial charge on any atom is 0.338 e. The van der Waals surface area contributed by atoms with Crippen LogP contribution in [0.4, 0.5) is 5.88 Å². The molecule has 0 N–H and O–H groups in total. The fourth-order valence-electron chi connectivity index (χ4n) is 2.35. The van der Waals surface area contributed by atoms with Gasteiger partial charge >= 0.3 is 5.97 Å². The van der Waals surface area contributed by atoms with Gasteiger partial charge in [0.2, 0.25) is 17.5 Å². The van der Waals surface area contributed by atoms with Crippen LogP contribution in [-0.4, -0.2) is 33.0 Å². The molecule has 0 unspecified atom stereocenters. The third kappa shape index (κ3) is 3.62. The summed E-state index contributed by atoms with van der Waals surface area (Å²) in [6, 6.07) is 10.7. The van der Waals surface area contributed by atoms with E-state index in [2.05, 4.69) is 4.98 Å². The number of carbonyl (C=O) groups is 1. The van der Waals surface area contributed by atoms with Crippen molar-refractivity contribution in [1.29, 1.82) is 5.26 Å². The summed E-state index contributed by atoms with van der Waals surface area (Å²) < 4.78 is 37.1. The summed E-state index contributed by atoms with van der Waals surface area (Å²) in [4.78, 5) is 16.4. The van der Waals surface area contributed by atoms with E-state index in [9.17, 15) is 18.5 Å². The third-order valence-electron chi connectivity index (χ3n) is 3.76. The molecule has 0 atom stereocenters. The van der Waals surface area contributed by atoms with Gasteiger partial charge in [-0.15, -0.1) is 11.3 Å². The lowest BCUT2D eigenvalue weighted by molar-refractivity contribution is 0.0526. The first-order chi connectivity index (χ1) is 13.4. The molecular formula is C18H15N3O5S2. The molecule has 0 saturated carbocycles. The summed E-state index contributed by atoms with van der Waals surface area (Å²) in [5.74, 6) is -0.552. The van der Waals surface area contributed by atoms with Crippen molar-refractivity contribution >= 4 is 33.2 Å². The van der Waals surface area contributed by atoms with Gasteiger partial charge in [-0.25, -0.2) is 17.5 Å². The number of oxazole rings is 1. The second-order valence-corrected chi connectivity index (χ2v) is 8.40. The molecule has 1 aromatic carbocycles. The maximum absolute atomic E-state index is 12.9. The van der Waals surface area contributed by atoms with Gasteiger partial charge in [0.05, 0.1) is 21.9 Å². The monoisotopic (exact) mass is 417 g/mol. The number of aromatic nitrogens is 1. The van der Waals surface area contributed by atoms with E-state index in [1.54, 1.807) is 19.1 Å². The quantitative estimate of drug-likeness (QED) is 0.566. The second kappa shape index (κ2) is 7.84.